The Labute approximate surface area is 145 Å². The molecule has 0 radical (unpaired) electrons. The summed E-state index contributed by atoms with van der Waals surface area (Å²) in [4.78, 5) is 12.1. The Kier molecular flexibility index (Phi) is 6.24. The molecular formula is C18H20INO2. The average Bonchev–Trinajstić information content (AvgIpc) is 2.54. The molecule has 0 bridgehead atoms. The maximum Gasteiger partial charge on any atom is 0.251 e. The van der Waals surface area contributed by atoms with Gasteiger partial charge in [0.25, 0.3) is 5.91 Å². The fourth-order valence-electron chi connectivity index (χ4n) is 2.16. The second-order valence-corrected chi connectivity index (χ2v) is 6.51. The smallest absolute Gasteiger partial charge is 0.251 e. The lowest BCUT2D eigenvalue weighted by atomic mass is 10.1. The second kappa shape index (κ2) is 8.17. The van der Waals surface area contributed by atoms with Gasteiger partial charge in [0.2, 0.25) is 0 Å². The van der Waals surface area contributed by atoms with Gasteiger partial charge in [-0.3, -0.25) is 4.79 Å². The van der Waals surface area contributed by atoms with Crippen LogP contribution in [0, 0.1) is 3.57 Å². The summed E-state index contributed by atoms with van der Waals surface area (Å²) in [6.45, 7) is 2.04. The Hall–Kier alpha value is -1.56. The van der Waals surface area contributed by atoms with Crippen molar-refractivity contribution in [2.45, 2.75) is 25.8 Å². The summed E-state index contributed by atoms with van der Waals surface area (Å²) in [6, 6.07) is 15.8. The number of rotatable bonds is 6. The predicted octanol–water partition coefficient (Wildman–Crippen LogP) is 4.05. The minimum atomic E-state index is -0.0152. The summed E-state index contributed by atoms with van der Waals surface area (Å²) in [5, 5.41) is 3.04. The monoisotopic (exact) mass is 409 g/mol. The lowest BCUT2D eigenvalue weighted by molar-refractivity contribution is 0.0938. The molecule has 2 aromatic carbocycles. The van der Waals surface area contributed by atoms with E-state index in [2.05, 4.69) is 40.0 Å². The fraction of sp³-hybridized carbons (Fsp3) is 0.278. The minimum Gasteiger partial charge on any atom is -0.497 e. The van der Waals surface area contributed by atoms with Gasteiger partial charge >= 0.3 is 0 Å². The van der Waals surface area contributed by atoms with Crippen molar-refractivity contribution in [2.24, 2.45) is 0 Å². The summed E-state index contributed by atoms with van der Waals surface area (Å²) in [6.07, 6.45) is 1.83. The van der Waals surface area contributed by atoms with Crippen LogP contribution in [-0.2, 0) is 6.42 Å². The zero-order valence-electron chi connectivity index (χ0n) is 12.8. The molecule has 0 heterocycles. The number of benzene rings is 2. The van der Waals surface area contributed by atoms with Crippen molar-refractivity contribution in [2.75, 3.05) is 7.11 Å². The predicted molar refractivity (Wildman–Crippen MR) is 97.4 cm³/mol. The van der Waals surface area contributed by atoms with Crippen molar-refractivity contribution in [1.29, 1.82) is 0 Å². The normalized spacial score (nSPS) is 11.8. The largest absolute Gasteiger partial charge is 0.497 e. The van der Waals surface area contributed by atoms with Crippen LogP contribution < -0.4 is 10.1 Å². The quantitative estimate of drug-likeness (QED) is 0.732. The highest BCUT2D eigenvalue weighted by Crippen LogP contribution is 2.13. The third-order valence-corrected chi connectivity index (χ3v) is 4.23. The highest BCUT2D eigenvalue weighted by molar-refractivity contribution is 14.1. The van der Waals surface area contributed by atoms with Crippen LogP contribution in [0.2, 0.25) is 0 Å². The second-order valence-electron chi connectivity index (χ2n) is 5.27. The maximum atomic E-state index is 12.1. The first kappa shape index (κ1) is 16.8. The van der Waals surface area contributed by atoms with Crippen molar-refractivity contribution in [3.05, 3.63) is 63.2 Å². The van der Waals surface area contributed by atoms with E-state index >= 15 is 0 Å². The van der Waals surface area contributed by atoms with Gasteiger partial charge in [-0.05, 0) is 84.3 Å². The van der Waals surface area contributed by atoms with Crippen LogP contribution in [0.3, 0.4) is 0 Å². The van der Waals surface area contributed by atoms with E-state index < -0.39 is 0 Å². The van der Waals surface area contributed by atoms with E-state index in [4.69, 9.17) is 4.74 Å². The molecule has 22 heavy (non-hydrogen) atoms. The number of hydrogen-bond donors (Lipinski definition) is 1. The third-order valence-electron chi connectivity index (χ3n) is 3.51. The molecule has 0 saturated carbocycles. The standard InChI is InChI=1S/C18H20INO2/c1-13(3-4-14-5-11-17(22-2)12-6-14)20-18(21)15-7-9-16(19)10-8-15/h5-13H,3-4H2,1-2H3,(H,20,21). The number of methoxy groups -OCH3 is 1. The topological polar surface area (TPSA) is 38.3 Å². The Bertz CT molecular complexity index is 608. The Morgan fingerprint density at radius 1 is 1.14 bits per heavy atom. The van der Waals surface area contributed by atoms with Crippen molar-refractivity contribution >= 4 is 28.5 Å². The van der Waals surface area contributed by atoms with Gasteiger partial charge in [0.1, 0.15) is 5.75 Å². The van der Waals surface area contributed by atoms with E-state index in [1.54, 1.807) is 7.11 Å². The lowest BCUT2D eigenvalue weighted by Crippen LogP contribution is -2.32. The van der Waals surface area contributed by atoms with Gasteiger partial charge in [-0.1, -0.05) is 12.1 Å². The molecule has 0 aliphatic heterocycles. The Balaban J connectivity index is 1.82. The average molecular weight is 409 g/mol. The maximum absolute atomic E-state index is 12.1. The molecule has 1 unspecified atom stereocenters. The molecule has 4 heteroatoms. The van der Waals surface area contributed by atoms with Crippen LogP contribution in [0.25, 0.3) is 0 Å². The van der Waals surface area contributed by atoms with Crippen LogP contribution in [0.4, 0.5) is 0 Å². The van der Waals surface area contributed by atoms with Crippen LogP contribution in [0.1, 0.15) is 29.3 Å². The molecule has 116 valence electrons. The van der Waals surface area contributed by atoms with Crippen LogP contribution >= 0.6 is 22.6 Å². The number of halogens is 1. The molecule has 3 nitrogen and oxygen atoms in total. The number of amides is 1. The molecular weight excluding hydrogens is 389 g/mol. The zero-order chi connectivity index (χ0) is 15.9. The molecule has 0 aromatic heterocycles. The van der Waals surface area contributed by atoms with Gasteiger partial charge in [0.05, 0.1) is 7.11 Å². The van der Waals surface area contributed by atoms with E-state index in [0.717, 1.165) is 22.2 Å². The minimum absolute atomic E-state index is 0.0152. The van der Waals surface area contributed by atoms with Crippen molar-refractivity contribution in [1.82, 2.24) is 5.32 Å². The van der Waals surface area contributed by atoms with E-state index in [1.807, 2.05) is 43.3 Å². The summed E-state index contributed by atoms with van der Waals surface area (Å²) in [5.74, 6) is 0.849. The Morgan fingerprint density at radius 3 is 2.36 bits per heavy atom. The van der Waals surface area contributed by atoms with Crippen molar-refractivity contribution in [3.8, 4) is 5.75 Å². The third kappa shape index (κ3) is 5.02. The van der Waals surface area contributed by atoms with E-state index in [9.17, 15) is 4.79 Å². The first-order valence-electron chi connectivity index (χ1n) is 7.28. The van der Waals surface area contributed by atoms with Crippen LogP contribution in [0.5, 0.6) is 5.75 Å². The molecule has 0 saturated heterocycles. The SMILES string of the molecule is COc1ccc(CCC(C)NC(=O)c2ccc(I)cc2)cc1. The lowest BCUT2D eigenvalue weighted by Gasteiger charge is -2.14. The number of ether oxygens (including phenoxy) is 1. The molecule has 2 rings (SSSR count). The van der Waals surface area contributed by atoms with E-state index in [0.29, 0.717) is 5.56 Å². The number of carbonyl (C=O) groups excluding carboxylic acids is 1. The van der Waals surface area contributed by atoms with Crippen molar-refractivity contribution in [3.63, 3.8) is 0 Å². The first-order valence-corrected chi connectivity index (χ1v) is 8.35. The number of nitrogens with one attached hydrogen (secondary N) is 1. The summed E-state index contributed by atoms with van der Waals surface area (Å²) in [7, 11) is 1.66. The molecule has 0 spiro atoms. The molecule has 0 aliphatic rings. The van der Waals surface area contributed by atoms with Crippen LogP contribution in [0.15, 0.2) is 48.5 Å². The molecule has 0 fully saturated rings. The van der Waals surface area contributed by atoms with Gasteiger partial charge in [0.15, 0.2) is 0 Å². The Morgan fingerprint density at radius 2 is 1.77 bits per heavy atom. The molecule has 1 N–H and O–H groups in total. The highest BCUT2D eigenvalue weighted by Gasteiger charge is 2.09. The number of carbonyl (C=O) groups is 1. The summed E-state index contributed by atoms with van der Waals surface area (Å²) >= 11 is 2.23. The molecule has 2 aromatic rings. The first-order chi connectivity index (χ1) is 10.6. The fourth-order valence-corrected chi connectivity index (χ4v) is 2.52. The van der Waals surface area contributed by atoms with Crippen LogP contribution in [-0.4, -0.2) is 19.1 Å². The van der Waals surface area contributed by atoms with Gasteiger partial charge in [-0.2, -0.15) is 0 Å². The molecule has 0 aliphatic carbocycles. The van der Waals surface area contributed by atoms with Gasteiger partial charge in [0, 0.05) is 15.2 Å². The number of aryl methyl sites for hydroxylation is 1. The van der Waals surface area contributed by atoms with Gasteiger partial charge in [-0.25, -0.2) is 0 Å². The van der Waals surface area contributed by atoms with E-state index in [-0.39, 0.29) is 11.9 Å². The number of hydrogen-bond acceptors (Lipinski definition) is 2. The van der Waals surface area contributed by atoms with Gasteiger partial charge < -0.3 is 10.1 Å². The van der Waals surface area contributed by atoms with E-state index in [1.165, 1.54) is 5.56 Å². The summed E-state index contributed by atoms with van der Waals surface area (Å²) in [5.41, 5.74) is 1.95. The summed E-state index contributed by atoms with van der Waals surface area (Å²) < 4.78 is 6.27. The molecule has 1 amide bonds. The highest BCUT2D eigenvalue weighted by atomic mass is 127. The van der Waals surface area contributed by atoms with Gasteiger partial charge in [-0.15, -0.1) is 0 Å². The van der Waals surface area contributed by atoms with Crippen molar-refractivity contribution < 1.29 is 9.53 Å². The molecule has 1 atom stereocenters. The zero-order valence-corrected chi connectivity index (χ0v) is 15.0.